The first-order valence-electron chi connectivity index (χ1n) is 8.40. The molecule has 0 aliphatic rings. The van der Waals surface area contributed by atoms with Crippen molar-refractivity contribution >= 4 is 32.1 Å². The van der Waals surface area contributed by atoms with Crippen LogP contribution >= 0.6 is 21.5 Å². The highest BCUT2D eigenvalue weighted by atomic mass is 32.3. The zero-order valence-corrected chi connectivity index (χ0v) is 19.1. The van der Waals surface area contributed by atoms with Crippen molar-refractivity contribution in [1.29, 1.82) is 0 Å². The highest BCUT2D eigenvalue weighted by Gasteiger charge is 2.43. The smallest absolute Gasteiger partial charge is 0.144 e. The molecule has 2 aromatic rings. The molecule has 0 aliphatic carbocycles. The van der Waals surface area contributed by atoms with E-state index in [2.05, 4.69) is 124 Å². The van der Waals surface area contributed by atoms with Crippen LogP contribution < -0.4 is 10.6 Å². The Labute approximate surface area is 156 Å². The Hall–Kier alpha value is -0.520. The van der Waals surface area contributed by atoms with Crippen molar-refractivity contribution in [3.05, 3.63) is 60.7 Å². The third-order valence-electron chi connectivity index (χ3n) is 4.43. The summed E-state index contributed by atoms with van der Waals surface area (Å²) < 4.78 is 7.33. The lowest BCUT2D eigenvalue weighted by molar-refractivity contribution is 0.486. The van der Waals surface area contributed by atoms with Crippen LogP contribution in [-0.4, -0.2) is 63.0 Å². The highest BCUT2D eigenvalue weighted by molar-refractivity contribution is 8.48. The summed E-state index contributed by atoms with van der Waals surface area (Å²) in [6, 6.07) is 22.2. The monoisotopic (exact) mass is 394 g/mol. The summed E-state index contributed by atoms with van der Waals surface area (Å²) >= 11 is 0. The van der Waals surface area contributed by atoms with Crippen LogP contribution in [-0.2, 0) is 0 Å². The van der Waals surface area contributed by atoms with Gasteiger partial charge in [0.25, 0.3) is 0 Å². The second kappa shape index (κ2) is 8.45. The van der Waals surface area contributed by atoms with Gasteiger partial charge >= 0.3 is 0 Å². The first-order valence-corrected chi connectivity index (χ1v) is 14.6. The largest absolute Gasteiger partial charge is 0.260 e. The molecule has 0 unspecified atom stereocenters. The van der Waals surface area contributed by atoms with Crippen molar-refractivity contribution in [2.24, 2.45) is 0 Å². The molecule has 25 heavy (non-hydrogen) atoms. The summed E-state index contributed by atoms with van der Waals surface area (Å²) in [5.41, 5.74) is 0. The predicted octanol–water partition coefficient (Wildman–Crippen LogP) is 4.51. The van der Waals surface area contributed by atoms with E-state index in [9.17, 15) is 0 Å². The van der Waals surface area contributed by atoms with Crippen molar-refractivity contribution in [1.82, 2.24) is 14.0 Å². The van der Waals surface area contributed by atoms with Crippen LogP contribution in [0.25, 0.3) is 0 Å². The molecule has 0 atom stereocenters. The van der Waals surface area contributed by atoms with Crippen LogP contribution in [0.2, 0.25) is 0 Å². The molecule has 0 aliphatic heterocycles. The fourth-order valence-corrected chi connectivity index (χ4v) is 23.2. The van der Waals surface area contributed by atoms with E-state index in [0.717, 1.165) is 0 Å². The van der Waals surface area contributed by atoms with Gasteiger partial charge in [0.1, 0.15) is 32.1 Å². The Kier molecular flexibility index (Phi) is 7.02. The van der Waals surface area contributed by atoms with E-state index in [1.165, 1.54) is 18.2 Å². The fraction of sp³-hybridized carbons (Fsp3) is 0.368. The minimum absolute atomic E-state index is 1.47. The highest BCUT2D eigenvalue weighted by Crippen LogP contribution is 2.78. The molecule has 0 fully saturated rings. The third-order valence-corrected chi connectivity index (χ3v) is 22.6. The Morgan fingerprint density at radius 2 is 0.960 bits per heavy atom. The summed E-state index contributed by atoms with van der Waals surface area (Å²) in [5, 5.41) is 2.94. The summed E-state index contributed by atoms with van der Waals surface area (Å²) in [6.07, 6.45) is 0. The second-order valence-corrected chi connectivity index (χ2v) is 19.6. The SMILES string of the molecule is CN(C)P(=P[P+](C)(c1ccccc1)c1ccccc1)(N(C)C)N(C)C. The minimum atomic E-state index is -1.64. The van der Waals surface area contributed by atoms with Crippen LogP contribution in [0, 0.1) is 0 Å². The molecule has 0 spiro atoms. The maximum absolute atomic E-state index is 2.49. The normalized spacial score (nSPS) is 13.2. The molecule has 2 aromatic carbocycles. The number of nitrogens with zero attached hydrogens (tertiary/aromatic N) is 3. The molecule has 0 heterocycles. The molecule has 0 bridgehead atoms. The Morgan fingerprint density at radius 1 is 0.640 bits per heavy atom. The molecule has 0 N–H and O–H groups in total. The molecule has 0 saturated carbocycles. The van der Waals surface area contributed by atoms with Crippen LogP contribution in [0.4, 0.5) is 0 Å². The number of rotatable bonds is 6. The Morgan fingerprint density at radius 3 is 1.24 bits per heavy atom. The zero-order valence-electron chi connectivity index (χ0n) is 16.5. The van der Waals surface area contributed by atoms with Gasteiger partial charge in [-0.05, 0) is 66.6 Å². The maximum Gasteiger partial charge on any atom is 0.144 e. The Balaban J connectivity index is 2.84. The minimum Gasteiger partial charge on any atom is -0.260 e. The van der Waals surface area contributed by atoms with E-state index in [-0.39, 0.29) is 0 Å². The van der Waals surface area contributed by atoms with Crippen molar-refractivity contribution in [2.75, 3.05) is 49.0 Å². The van der Waals surface area contributed by atoms with Gasteiger partial charge in [0.05, 0.1) is 6.66 Å². The van der Waals surface area contributed by atoms with E-state index >= 15 is 0 Å². The molecule has 0 amide bonds. The van der Waals surface area contributed by atoms with E-state index in [4.69, 9.17) is 0 Å². The van der Waals surface area contributed by atoms with Crippen molar-refractivity contribution in [3.63, 3.8) is 0 Å². The van der Waals surface area contributed by atoms with Crippen LogP contribution in [0.3, 0.4) is 0 Å². The van der Waals surface area contributed by atoms with Gasteiger partial charge in [-0.1, -0.05) is 36.4 Å². The molecule has 0 aromatic heterocycles. The van der Waals surface area contributed by atoms with Gasteiger partial charge in [-0.15, -0.1) is 0 Å². The molecule has 2 rings (SSSR count). The maximum atomic E-state index is 2.49. The quantitative estimate of drug-likeness (QED) is 0.668. The molecular weight excluding hydrogens is 363 g/mol. The van der Waals surface area contributed by atoms with Crippen LogP contribution in [0.5, 0.6) is 0 Å². The summed E-state index contributed by atoms with van der Waals surface area (Å²) in [6.45, 7) is 0.930. The Bertz CT molecular complexity index is 660. The van der Waals surface area contributed by atoms with E-state index in [1.54, 1.807) is 0 Å². The molecule has 136 valence electrons. The molecule has 3 nitrogen and oxygen atoms in total. The molecule has 0 saturated heterocycles. The van der Waals surface area contributed by atoms with Gasteiger partial charge in [0, 0.05) is 0 Å². The lowest BCUT2D eigenvalue weighted by atomic mass is 10.4. The standard InChI is InChI=1S/C19H31N3P3/c1-20(2)25(21(3)4,22(5)6)23-24(7,18-14-10-8-11-15-18)19-16-12-9-13-17-19/h8-17H,1-7H3/q+1. The van der Waals surface area contributed by atoms with E-state index in [0.29, 0.717) is 0 Å². The van der Waals surface area contributed by atoms with Crippen molar-refractivity contribution in [2.45, 2.75) is 0 Å². The molecular formula is C19H31N3P3+. The van der Waals surface area contributed by atoms with Gasteiger partial charge in [-0.25, -0.2) is 0 Å². The lowest BCUT2D eigenvalue weighted by Gasteiger charge is -2.42. The predicted molar refractivity (Wildman–Crippen MR) is 120 cm³/mol. The summed E-state index contributed by atoms with van der Waals surface area (Å²) in [4.78, 5) is 0. The van der Waals surface area contributed by atoms with Gasteiger partial charge in [0.15, 0.2) is 0 Å². The van der Waals surface area contributed by atoms with E-state index < -0.39 is 14.0 Å². The van der Waals surface area contributed by atoms with Crippen molar-refractivity contribution in [3.8, 4) is 0 Å². The fourth-order valence-electron chi connectivity index (χ4n) is 3.24. The van der Waals surface area contributed by atoms with Gasteiger partial charge < -0.3 is 0 Å². The topological polar surface area (TPSA) is 9.72 Å². The molecule has 0 radical (unpaired) electrons. The average molecular weight is 394 g/mol. The number of hydrogen-bond acceptors (Lipinski definition) is 0. The first-order chi connectivity index (χ1) is 11.7. The summed E-state index contributed by atoms with van der Waals surface area (Å²) in [5.74, 6) is 0. The lowest BCUT2D eigenvalue weighted by Crippen LogP contribution is -2.30. The van der Waals surface area contributed by atoms with Gasteiger partial charge in [0.2, 0.25) is 0 Å². The van der Waals surface area contributed by atoms with Gasteiger partial charge in [-0.2, -0.15) is 0 Å². The zero-order chi connectivity index (χ0) is 18.7. The number of benzene rings is 2. The summed E-state index contributed by atoms with van der Waals surface area (Å²) in [7, 11) is 13.2. The van der Waals surface area contributed by atoms with Gasteiger partial charge in [-0.3, -0.25) is 14.0 Å². The molecule has 6 heteroatoms. The number of hydrogen-bond donors (Lipinski definition) is 0. The second-order valence-electron chi connectivity index (χ2n) is 6.80. The van der Waals surface area contributed by atoms with E-state index in [1.807, 2.05) is 0 Å². The van der Waals surface area contributed by atoms with Crippen LogP contribution in [0.1, 0.15) is 0 Å². The third kappa shape index (κ3) is 4.09. The first kappa shape index (κ1) is 20.8. The van der Waals surface area contributed by atoms with Crippen molar-refractivity contribution < 1.29 is 0 Å². The average Bonchev–Trinajstić information content (AvgIpc) is 2.60. The van der Waals surface area contributed by atoms with Crippen LogP contribution in [0.15, 0.2) is 60.7 Å².